The van der Waals surface area contributed by atoms with Crippen LogP contribution in [0, 0.1) is 11.6 Å². The van der Waals surface area contributed by atoms with E-state index in [1.54, 1.807) is 25.3 Å². The van der Waals surface area contributed by atoms with Gasteiger partial charge < -0.3 is 15.2 Å². The van der Waals surface area contributed by atoms with Crippen molar-refractivity contribution in [1.82, 2.24) is 4.90 Å². The number of nitrogens with zero attached hydrogens (tertiary/aromatic N) is 1. The van der Waals surface area contributed by atoms with Gasteiger partial charge in [-0.05, 0) is 53.4 Å². The lowest BCUT2D eigenvalue weighted by Crippen LogP contribution is -2.31. The maximum absolute atomic E-state index is 14.7. The van der Waals surface area contributed by atoms with Crippen molar-refractivity contribution < 1.29 is 23.0 Å². The van der Waals surface area contributed by atoms with Gasteiger partial charge in [0.15, 0.2) is 11.5 Å². The van der Waals surface area contributed by atoms with E-state index >= 15 is 0 Å². The molecule has 4 aromatic rings. The number of carbonyl (C=O) groups excluding carboxylic acids is 1. The first-order valence-corrected chi connectivity index (χ1v) is 13.3. The van der Waals surface area contributed by atoms with Crippen LogP contribution in [0.1, 0.15) is 34.6 Å². The lowest BCUT2D eigenvalue weighted by atomic mass is 9.90. The second kappa shape index (κ2) is 14.2. The highest BCUT2D eigenvalue weighted by Crippen LogP contribution is 2.29. The summed E-state index contributed by atoms with van der Waals surface area (Å²) in [5, 5.41) is 0. The van der Waals surface area contributed by atoms with Crippen LogP contribution in [-0.4, -0.2) is 37.6 Å². The molecule has 0 spiro atoms. The zero-order chi connectivity index (χ0) is 28.3. The van der Waals surface area contributed by atoms with E-state index in [9.17, 15) is 13.6 Å². The van der Waals surface area contributed by atoms with Gasteiger partial charge in [0.05, 0.1) is 20.1 Å². The van der Waals surface area contributed by atoms with E-state index in [1.807, 2.05) is 36.4 Å². The van der Waals surface area contributed by atoms with E-state index < -0.39 is 17.5 Å². The van der Waals surface area contributed by atoms with Crippen molar-refractivity contribution >= 4 is 5.91 Å². The number of primary amides is 1. The Balaban J connectivity index is 1.50. The van der Waals surface area contributed by atoms with Gasteiger partial charge in [-0.3, -0.25) is 9.69 Å². The minimum atomic E-state index is -0.464. The maximum atomic E-state index is 14.7. The molecule has 0 aliphatic rings. The van der Waals surface area contributed by atoms with Gasteiger partial charge in [0.2, 0.25) is 5.91 Å². The molecule has 5 nitrogen and oxygen atoms in total. The number of amides is 1. The van der Waals surface area contributed by atoms with E-state index in [2.05, 4.69) is 29.2 Å². The third-order valence-electron chi connectivity index (χ3n) is 6.73. The zero-order valence-corrected chi connectivity index (χ0v) is 22.6. The largest absolute Gasteiger partial charge is 0.493 e. The summed E-state index contributed by atoms with van der Waals surface area (Å²) < 4.78 is 40.1. The summed E-state index contributed by atoms with van der Waals surface area (Å²) in [5.41, 5.74) is 8.66. The lowest BCUT2D eigenvalue weighted by Gasteiger charge is -2.29. The highest BCUT2D eigenvalue weighted by molar-refractivity contribution is 5.76. The predicted octanol–water partition coefficient (Wildman–Crippen LogP) is 6.10. The van der Waals surface area contributed by atoms with Crippen LogP contribution in [-0.2, 0) is 17.8 Å². The number of methoxy groups -OCH3 is 1. The molecule has 2 N–H and O–H groups in total. The van der Waals surface area contributed by atoms with Crippen molar-refractivity contribution in [2.75, 3.05) is 26.8 Å². The summed E-state index contributed by atoms with van der Waals surface area (Å²) in [4.78, 5) is 13.4. The van der Waals surface area contributed by atoms with Gasteiger partial charge in [0.25, 0.3) is 0 Å². The molecule has 0 bridgehead atoms. The molecule has 4 aromatic carbocycles. The van der Waals surface area contributed by atoms with Gasteiger partial charge in [0.1, 0.15) is 11.6 Å². The summed E-state index contributed by atoms with van der Waals surface area (Å²) in [6.45, 7) is 1.84. The van der Waals surface area contributed by atoms with Gasteiger partial charge in [0, 0.05) is 31.1 Å². The van der Waals surface area contributed by atoms with Crippen LogP contribution in [0.25, 0.3) is 0 Å². The van der Waals surface area contributed by atoms with Gasteiger partial charge in [-0.25, -0.2) is 8.78 Å². The molecular formula is C33H34F2N2O3. The average Bonchev–Trinajstić information content (AvgIpc) is 2.96. The van der Waals surface area contributed by atoms with Gasteiger partial charge >= 0.3 is 0 Å². The molecule has 0 aliphatic heterocycles. The SMILES string of the molecule is COc1cc(CC(N)=O)ccc1OCCCN(Cc1cc(F)ccc1F)CC(c1ccccc1)c1ccccc1. The van der Waals surface area contributed by atoms with Gasteiger partial charge in [-0.15, -0.1) is 0 Å². The van der Waals surface area contributed by atoms with E-state index in [4.69, 9.17) is 15.2 Å². The first kappa shape index (κ1) is 28.8. The average molecular weight is 545 g/mol. The molecule has 0 aromatic heterocycles. The predicted molar refractivity (Wildman–Crippen MR) is 152 cm³/mol. The van der Waals surface area contributed by atoms with Crippen LogP contribution in [0.3, 0.4) is 0 Å². The second-order valence-corrected chi connectivity index (χ2v) is 9.68. The third-order valence-corrected chi connectivity index (χ3v) is 6.73. The van der Waals surface area contributed by atoms with Crippen molar-refractivity contribution in [2.45, 2.75) is 25.3 Å². The number of hydrogen-bond donors (Lipinski definition) is 1. The molecule has 4 rings (SSSR count). The normalized spacial score (nSPS) is 11.1. The van der Waals surface area contributed by atoms with Crippen LogP contribution in [0.2, 0.25) is 0 Å². The van der Waals surface area contributed by atoms with Crippen LogP contribution >= 0.6 is 0 Å². The Morgan fingerprint density at radius 2 is 1.55 bits per heavy atom. The Bertz CT molecular complexity index is 1340. The summed E-state index contributed by atoms with van der Waals surface area (Å²) in [6.07, 6.45) is 0.756. The zero-order valence-electron chi connectivity index (χ0n) is 22.6. The highest BCUT2D eigenvalue weighted by atomic mass is 19.1. The molecule has 0 fully saturated rings. The Hall–Kier alpha value is -4.23. The summed E-state index contributed by atoms with van der Waals surface area (Å²) in [7, 11) is 1.54. The third kappa shape index (κ3) is 8.13. The topological polar surface area (TPSA) is 64.8 Å². The molecule has 1 amide bonds. The van der Waals surface area contributed by atoms with Crippen LogP contribution in [0.15, 0.2) is 97.1 Å². The first-order valence-electron chi connectivity index (χ1n) is 13.3. The van der Waals surface area contributed by atoms with Crippen molar-refractivity contribution in [1.29, 1.82) is 0 Å². The molecule has 7 heteroatoms. The smallest absolute Gasteiger partial charge is 0.221 e. The molecule has 0 aliphatic carbocycles. The monoisotopic (exact) mass is 544 g/mol. The number of rotatable bonds is 14. The second-order valence-electron chi connectivity index (χ2n) is 9.68. The number of ether oxygens (including phenoxy) is 2. The minimum absolute atomic E-state index is 0.0397. The number of nitrogens with two attached hydrogens (primary N) is 1. The Kier molecular flexibility index (Phi) is 10.2. The van der Waals surface area contributed by atoms with E-state index in [-0.39, 0.29) is 18.9 Å². The summed E-state index contributed by atoms with van der Waals surface area (Å²) in [5.74, 6) is -0.197. The van der Waals surface area contributed by atoms with Crippen LogP contribution < -0.4 is 15.2 Å². The quantitative estimate of drug-likeness (QED) is 0.195. The number of carbonyl (C=O) groups is 1. The standard InChI is InChI=1S/C33H34F2N2O3/c1-39-32-19-24(20-33(36)38)13-16-31(32)40-18-8-17-37(22-27-21-28(34)14-15-30(27)35)23-29(25-9-4-2-5-10-25)26-11-6-3-7-12-26/h2-7,9-16,19,21,29H,8,17-18,20,22-23H2,1H3,(H2,36,38). The summed E-state index contributed by atoms with van der Waals surface area (Å²) >= 11 is 0. The Morgan fingerprint density at radius 3 is 2.17 bits per heavy atom. The van der Waals surface area contributed by atoms with Gasteiger partial charge in [-0.1, -0.05) is 66.7 Å². The van der Waals surface area contributed by atoms with Crippen molar-refractivity contribution in [2.24, 2.45) is 5.73 Å². The molecule has 0 heterocycles. The lowest BCUT2D eigenvalue weighted by molar-refractivity contribution is -0.117. The number of benzene rings is 4. The minimum Gasteiger partial charge on any atom is -0.493 e. The molecule has 40 heavy (non-hydrogen) atoms. The van der Waals surface area contributed by atoms with Crippen LogP contribution in [0.4, 0.5) is 8.78 Å². The first-order chi connectivity index (χ1) is 19.4. The molecule has 0 saturated carbocycles. The molecule has 0 radical (unpaired) electrons. The molecular weight excluding hydrogens is 510 g/mol. The molecule has 208 valence electrons. The molecule has 0 unspecified atom stereocenters. The molecule has 0 saturated heterocycles. The number of halogens is 2. The van der Waals surface area contributed by atoms with E-state index in [1.165, 1.54) is 12.1 Å². The number of hydrogen-bond acceptors (Lipinski definition) is 4. The van der Waals surface area contributed by atoms with Crippen molar-refractivity contribution in [3.8, 4) is 11.5 Å². The van der Waals surface area contributed by atoms with E-state index in [0.29, 0.717) is 43.2 Å². The molecule has 0 atom stereocenters. The van der Waals surface area contributed by atoms with Crippen LogP contribution in [0.5, 0.6) is 11.5 Å². The maximum Gasteiger partial charge on any atom is 0.221 e. The highest BCUT2D eigenvalue weighted by Gasteiger charge is 2.20. The van der Waals surface area contributed by atoms with Gasteiger partial charge in [-0.2, -0.15) is 0 Å². The fourth-order valence-electron chi connectivity index (χ4n) is 4.79. The summed E-state index contributed by atoms with van der Waals surface area (Å²) in [6, 6.07) is 29.2. The fraction of sp³-hybridized carbons (Fsp3) is 0.242. The van der Waals surface area contributed by atoms with E-state index in [0.717, 1.165) is 22.8 Å². The fourth-order valence-corrected chi connectivity index (χ4v) is 4.79. The van der Waals surface area contributed by atoms with Crippen molar-refractivity contribution in [3.05, 3.63) is 131 Å². The Morgan fingerprint density at radius 1 is 0.875 bits per heavy atom. The van der Waals surface area contributed by atoms with Crippen molar-refractivity contribution in [3.63, 3.8) is 0 Å². The Labute approximate surface area is 234 Å².